The highest BCUT2D eigenvalue weighted by Gasteiger charge is 2.45. The van der Waals surface area contributed by atoms with E-state index >= 15 is 0 Å². The molecule has 124 valence electrons. The molecule has 1 aliphatic rings. The maximum absolute atomic E-state index is 11.9. The van der Waals surface area contributed by atoms with E-state index in [1.165, 1.54) is 7.05 Å². The topological polar surface area (TPSA) is 173 Å². The Hall–Kier alpha value is -1.40. The Morgan fingerprint density at radius 3 is 2.59 bits per heavy atom. The molecule has 0 aromatic carbocycles. The van der Waals surface area contributed by atoms with Gasteiger partial charge in [0.1, 0.15) is 24.6 Å². The van der Waals surface area contributed by atoms with Crippen LogP contribution < -0.4 is 11.4 Å². The number of rotatable bonds is 4. The van der Waals surface area contributed by atoms with Gasteiger partial charge in [-0.2, -0.15) is 4.98 Å². The molecule has 1 saturated heterocycles. The summed E-state index contributed by atoms with van der Waals surface area (Å²) in [5.41, 5.74) is -1.65. The van der Waals surface area contributed by atoms with Crippen molar-refractivity contribution in [1.29, 1.82) is 0 Å². The zero-order valence-electron chi connectivity index (χ0n) is 11.2. The summed E-state index contributed by atoms with van der Waals surface area (Å²) < 4.78 is 21.5. The molecule has 13 heteroatoms. The van der Waals surface area contributed by atoms with Crippen LogP contribution in [0.15, 0.2) is 15.9 Å². The van der Waals surface area contributed by atoms with Gasteiger partial charge in [-0.05, 0) is 0 Å². The highest BCUT2D eigenvalue weighted by molar-refractivity contribution is 7.46. The molecule has 1 aromatic heterocycles. The Balaban J connectivity index is 2.24. The minimum Gasteiger partial charge on any atom is -0.387 e. The van der Waals surface area contributed by atoms with Gasteiger partial charge in [0.2, 0.25) is 0 Å². The van der Waals surface area contributed by atoms with Gasteiger partial charge < -0.3 is 24.7 Å². The number of aliphatic hydroxyl groups is 2. The van der Waals surface area contributed by atoms with Crippen LogP contribution in [-0.2, 0) is 20.9 Å². The Kier molecular flexibility index (Phi) is 4.63. The molecule has 4 N–H and O–H groups in total. The maximum Gasteiger partial charge on any atom is 0.469 e. The number of phosphoric ester groups is 1. The van der Waals surface area contributed by atoms with Gasteiger partial charge in [0, 0.05) is 7.05 Å². The molecule has 12 nitrogen and oxygen atoms in total. The first-order valence-electron chi connectivity index (χ1n) is 5.97. The van der Waals surface area contributed by atoms with Gasteiger partial charge in [0.05, 0.1) is 6.61 Å². The predicted molar refractivity (Wildman–Crippen MR) is 67.7 cm³/mol. The van der Waals surface area contributed by atoms with E-state index in [0.717, 1.165) is 10.9 Å². The molecule has 0 spiro atoms. The number of ether oxygens (including phenoxy) is 1. The summed E-state index contributed by atoms with van der Waals surface area (Å²) in [5.74, 6) is 0. The molecule has 1 fully saturated rings. The van der Waals surface area contributed by atoms with Crippen LogP contribution in [0.25, 0.3) is 0 Å². The van der Waals surface area contributed by atoms with Crippen LogP contribution in [0.4, 0.5) is 0 Å². The van der Waals surface area contributed by atoms with Gasteiger partial charge in [-0.25, -0.2) is 18.7 Å². The minimum atomic E-state index is -4.78. The Morgan fingerprint density at radius 2 is 2.00 bits per heavy atom. The van der Waals surface area contributed by atoms with E-state index in [1.807, 2.05) is 0 Å². The van der Waals surface area contributed by atoms with E-state index in [9.17, 15) is 24.4 Å². The number of nitrogens with zero attached hydrogens (tertiary/aromatic N) is 3. The van der Waals surface area contributed by atoms with Crippen molar-refractivity contribution in [2.75, 3.05) is 6.61 Å². The average Bonchev–Trinajstić information content (AvgIpc) is 2.70. The molecule has 0 radical (unpaired) electrons. The van der Waals surface area contributed by atoms with Crippen LogP contribution in [-0.4, -0.2) is 59.0 Å². The van der Waals surface area contributed by atoms with E-state index in [1.54, 1.807) is 0 Å². The highest BCUT2D eigenvalue weighted by atomic mass is 31.2. The van der Waals surface area contributed by atoms with Crippen LogP contribution in [0.1, 0.15) is 6.23 Å². The summed E-state index contributed by atoms with van der Waals surface area (Å²) in [7, 11) is -3.61. The third kappa shape index (κ3) is 3.33. The Bertz CT molecular complexity index is 709. The number of aromatic nitrogens is 3. The number of aliphatic hydroxyl groups excluding tert-OH is 2. The molecular formula is C9H14N3O9P. The Morgan fingerprint density at radius 1 is 1.36 bits per heavy atom. The van der Waals surface area contributed by atoms with Crippen molar-refractivity contribution in [3.05, 3.63) is 27.3 Å². The van der Waals surface area contributed by atoms with Crippen molar-refractivity contribution in [2.24, 2.45) is 7.05 Å². The van der Waals surface area contributed by atoms with Crippen molar-refractivity contribution in [2.45, 2.75) is 24.5 Å². The second-order valence-electron chi connectivity index (χ2n) is 4.61. The summed E-state index contributed by atoms with van der Waals surface area (Å²) in [6.07, 6.45) is -4.95. The molecule has 2 heterocycles. The normalized spacial score (nSPS) is 29.0. The fourth-order valence-corrected chi connectivity index (χ4v) is 2.29. The first kappa shape index (κ1) is 17.0. The lowest BCUT2D eigenvalue weighted by Gasteiger charge is -2.17. The number of phosphoric acid groups is 1. The van der Waals surface area contributed by atoms with Crippen molar-refractivity contribution < 1.29 is 33.8 Å². The number of hydrogen-bond acceptors (Lipinski definition) is 8. The van der Waals surface area contributed by atoms with E-state index in [0.29, 0.717) is 4.57 Å². The van der Waals surface area contributed by atoms with E-state index < -0.39 is 50.3 Å². The second kappa shape index (κ2) is 6.01. The molecule has 0 saturated carbocycles. The lowest BCUT2D eigenvalue weighted by Crippen LogP contribution is -2.43. The predicted octanol–water partition coefficient (Wildman–Crippen LogP) is -3.33. The maximum atomic E-state index is 11.9. The van der Waals surface area contributed by atoms with Gasteiger partial charge in [-0.3, -0.25) is 9.09 Å². The van der Waals surface area contributed by atoms with Gasteiger partial charge in [0.15, 0.2) is 6.23 Å². The van der Waals surface area contributed by atoms with Gasteiger partial charge in [-0.1, -0.05) is 0 Å². The first-order valence-corrected chi connectivity index (χ1v) is 7.50. The molecule has 2 rings (SSSR count). The van der Waals surface area contributed by atoms with Crippen molar-refractivity contribution >= 4 is 7.82 Å². The Labute approximate surface area is 122 Å². The molecule has 4 atom stereocenters. The summed E-state index contributed by atoms with van der Waals surface area (Å²) in [4.78, 5) is 43.7. The third-order valence-electron chi connectivity index (χ3n) is 3.11. The van der Waals surface area contributed by atoms with Crippen LogP contribution in [0.5, 0.6) is 0 Å². The second-order valence-corrected chi connectivity index (χ2v) is 5.85. The highest BCUT2D eigenvalue weighted by Crippen LogP contribution is 2.38. The van der Waals surface area contributed by atoms with Crippen LogP contribution in [0.3, 0.4) is 0 Å². The van der Waals surface area contributed by atoms with Crippen molar-refractivity contribution in [3.8, 4) is 0 Å². The quantitative estimate of drug-likeness (QED) is 0.406. The lowest BCUT2D eigenvalue weighted by molar-refractivity contribution is -0.0553. The molecule has 0 unspecified atom stereocenters. The molecule has 22 heavy (non-hydrogen) atoms. The largest absolute Gasteiger partial charge is 0.469 e. The average molecular weight is 339 g/mol. The summed E-state index contributed by atoms with van der Waals surface area (Å²) in [5, 5.41) is 19.7. The van der Waals surface area contributed by atoms with Crippen molar-refractivity contribution in [1.82, 2.24) is 14.1 Å². The molecule has 1 aliphatic heterocycles. The molecule has 0 amide bonds. The molecule has 1 aromatic rings. The van der Waals surface area contributed by atoms with Crippen LogP contribution in [0, 0.1) is 0 Å². The molecule has 0 bridgehead atoms. The molecular weight excluding hydrogens is 325 g/mol. The smallest absolute Gasteiger partial charge is 0.387 e. The van der Waals surface area contributed by atoms with Gasteiger partial charge >= 0.3 is 19.2 Å². The van der Waals surface area contributed by atoms with Gasteiger partial charge in [0.25, 0.3) is 0 Å². The zero-order valence-corrected chi connectivity index (χ0v) is 12.1. The SMILES string of the molecule is Cn1c(=O)ncn([C@@H]2O[C@H](COP(=O)(O)O)[C@@H](O)[C@H]2O)c1=O. The standard InChI is InChI=1S/C9H14N3O9P/c1-11-8(15)10-3-12(9(11)16)7-6(14)5(13)4(21-7)2-20-22(17,18)19/h3-7,13-14H,2H2,1H3,(H2,17,18,19)/t4-,5-,6-,7-/m1/s1. The lowest BCUT2D eigenvalue weighted by atomic mass is 10.1. The van der Waals surface area contributed by atoms with E-state index in [-0.39, 0.29) is 0 Å². The third-order valence-corrected chi connectivity index (χ3v) is 3.59. The van der Waals surface area contributed by atoms with Gasteiger partial charge in [-0.15, -0.1) is 0 Å². The molecule has 0 aliphatic carbocycles. The van der Waals surface area contributed by atoms with E-state index in [2.05, 4.69) is 9.51 Å². The first-order chi connectivity index (χ1) is 10.1. The monoisotopic (exact) mass is 339 g/mol. The van der Waals surface area contributed by atoms with E-state index in [4.69, 9.17) is 14.5 Å². The minimum absolute atomic E-state index is 0.669. The summed E-state index contributed by atoms with van der Waals surface area (Å²) in [6, 6.07) is 0. The van der Waals surface area contributed by atoms with Crippen LogP contribution >= 0.6 is 7.82 Å². The fourth-order valence-electron chi connectivity index (χ4n) is 1.94. The van der Waals surface area contributed by atoms with Crippen LogP contribution in [0.2, 0.25) is 0 Å². The zero-order chi connectivity index (χ0) is 16.7. The number of hydrogen-bond donors (Lipinski definition) is 4. The van der Waals surface area contributed by atoms with Crippen molar-refractivity contribution in [3.63, 3.8) is 0 Å². The fraction of sp³-hybridized carbons (Fsp3) is 0.667. The summed E-state index contributed by atoms with van der Waals surface area (Å²) >= 11 is 0. The summed E-state index contributed by atoms with van der Waals surface area (Å²) in [6.45, 7) is -0.701.